The predicted molar refractivity (Wildman–Crippen MR) is 120 cm³/mol. The van der Waals surface area contributed by atoms with Crippen molar-refractivity contribution in [2.75, 3.05) is 19.6 Å². The molecule has 0 aliphatic heterocycles. The van der Waals surface area contributed by atoms with Crippen molar-refractivity contribution in [3.63, 3.8) is 0 Å². The van der Waals surface area contributed by atoms with E-state index in [-0.39, 0.29) is 35.7 Å². The van der Waals surface area contributed by atoms with Crippen LogP contribution in [0.25, 0.3) is 5.70 Å². The number of hydrogen-bond acceptors (Lipinski definition) is 3. The van der Waals surface area contributed by atoms with Gasteiger partial charge in [0.15, 0.2) is 0 Å². The van der Waals surface area contributed by atoms with Crippen molar-refractivity contribution < 1.29 is 39.5 Å². The van der Waals surface area contributed by atoms with Gasteiger partial charge in [0.05, 0.1) is 11.1 Å². The zero-order valence-corrected chi connectivity index (χ0v) is 19.6. The summed E-state index contributed by atoms with van der Waals surface area (Å²) in [7, 11) is 0. The Morgan fingerprint density at radius 3 is 1.83 bits per heavy atom. The summed E-state index contributed by atoms with van der Waals surface area (Å²) in [6, 6.07) is 1.60. The second kappa shape index (κ2) is 12.2. The molecule has 1 aromatic rings. The molecule has 0 amide bonds. The number of hydrogen-bond donors (Lipinski definition) is 3. The second-order valence-corrected chi connectivity index (χ2v) is 8.97. The van der Waals surface area contributed by atoms with E-state index < -0.39 is 36.1 Å². The molecule has 0 bridgehead atoms. The Bertz CT molecular complexity index is 848. The highest BCUT2D eigenvalue weighted by Gasteiger charge is 2.37. The molecular weight excluding hydrogens is 501 g/mol. The fourth-order valence-electron chi connectivity index (χ4n) is 3.97. The van der Waals surface area contributed by atoms with Crippen molar-refractivity contribution in [3.8, 4) is 0 Å². The molecule has 0 radical (unpaired) electrons. The number of nitrogens with one attached hydrogen (secondary N) is 3. The molecule has 0 spiro atoms. The standard InChI is InChI=1S/C24H30F9N3/c1-15(7-8-22(25,26)27)34-9-10-35-21-5-3-17(4-6-21)14-36-16(2)18-11-19(23(28,29)30)13-20(12-18)24(31,32)33/h11-13,17,21,34-36H,1-10,14H2. The van der Waals surface area contributed by atoms with Crippen LogP contribution in [0.2, 0.25) is 0 Å². The molecule has 12 heteroatoms. The lowest BCUT2D eigenvalue weighted by Crippen LogP contribution is -2.38. The van der Waals surface area contributed by atoms with Gasteiger partial charge in [-0.1, -0.05) is 13.2 Å². The number of benzene rings is 1. The summed E-state index contributed by atoms with van der Waals surface area (Å²) < 4.78 is 115. The maximum Gasteiger partial charge on any atom is 0.416 e. The van der Waals surface area contributed by atoms with Crippen LogP contribution in [-0.2, 0) is 12.4 Å². The van der Waals surface area contributed by atoms with Crippen LogP contribution >= 0.6 is 0 Å². The summed E-state index contributed by atoms with van der Waals surface area (Å²) in [6.45, 7) is 8.56. The molecule has 3 nitrogen and oxygen atoms in total. The number of halogens is 9. The highest BCUT2D eigenvalue weighted by atomic mass is 19.4. The zero-order valence-electron chi connectivity index (χ0n) is 19.6. The van der Waals surface area contributed by atoms with Crippen LogP contribution in [0.3, 0.4) is 0 Å². The third-order valence-corrected chi connectivity index (χ3v) is 6.03. The van der Waals surface area contributed by atoms with Gasteiger partial charge >= 0.3 is 18.5 Å². The van der Waals surface area contributed by atoms with Gasteiger partial charge in [0.25, 0.3) is 0 Å². The van der Waals surface area contributed by atoms with Gasteiger partial charge in [0.2, 0.25) is 0 Å². The quantitative estimate of drug-likeness (QED) is 0.215. The molecule has 1 aliphatic rings. The van der Waals surface area contributed by atoms with Crippen molar-refractivity contribution in [2.45, 2.75) is 63.1 Å². The van der Waals surface area contributed by atoms with E-state index in [2.05, 4.69) is 29.1 Å². The molecule has 1 aromatic carbocycles. The third-order valence-electron chi connectivity index (χ3n) is 6.03. The fraction of sp³-hybridized carbons (Fsp3) is 0.583. The Labute approximate surface area is 204 Å². The van der Waals surface area contributed by atoms with Gasteiger partial charge < -0.3 is 16.0 Å². The molecule has 1 saturated carbocycles. The maximum atomic E-state index is 13.1. The highest BCUT2D eigenvalue weighted by Crippen LogP contribution is 2.37. The van der Waals surface area contributed by atoms with Crippen LogP contribution in [0.4, 0.5) is 39.5 Å². The summed E-state index contributed by atoms with van der Waals surface area (Å²) in [5.74, 6) is 0.174. The molecule has 3 N–H and O–H groups in total. The number of allylic oxidation sites excluding steroid dienone is 1. The van der Waals surface area contributed by atoms with E-state index in [4.69, 9.17) is 0 Å². The first-order valence-corrected chi connectivity index (χ1v) is 11.5. The van der Waals surface area contributed by atoms with Crippen LogP contribution in [0, 0.1) is 5.92 Å². The Morgan fingerprint density at radius 2 is 1.33 bits per heavy atom. The Kier molecular flexibility index (Phi) is 10.2. The highest BCUT2D eigenvalue weighted by molar-refractivity contribution is 5.63. The maximum absolute atomic E-state index is 13.1. The molecule has 2 rings (SSSR count). The third kappa shape index (κ3) is 10.3. The molecule has 0 unspecified atom stereocenters. The van der Waals surface area contributed by atoms with Crippen molar-refractivity contribution in [1.82, 2.24) is 16.0 Å². The van der Waals surface area contributed by atoms with E-state index in [1.807, 2.05) is 0 Å². The zero-order chi connectivity index (χ0) is 27.1. The van der Waals surface area contributed by atoms with E-state index in [1.54, 1.807) is 0 Å². The fourth-order valence-corrected chi connectivity index (χ4v) is 3.97. The van der Waals surface area contributed by atoms with Gasteiger partial charge in [0, 0.05) is 43.5 Å². The van der Waals surface area contributed by atoms with Crippen LogP contribution in [0.5, 0.6) is 0 Å². The average Bonchev–Trinajstić information content (AvgIpc) is 2.77. The Hall–Kier alpha value is -2.37. The Morgan fingerprint density at radius 1 is 0.778 bits per heavy atom. The van der Waals surface area contributed by atoms with Crippen molar-refractivity contribution in [2.24, 2.45) is 5.92 Å². The minimum Gasteiger partial charge on any atom is -0.388 e. The average molecular weight is 532 g/mol. The van der Waals surface area contributed by atoms with E-state index in [0.29, 0.717) is 37.5 Å². The van der Waals surface area contributed by atoms with E-state index >= 15 is 0 Å². The van der Waals surface area contributed by atoms with E-state index in [0.717, 1.165) is 25.7 Å². The van der Waals surface area contributed by atoms with E-state index in [9.17, 15) is 39.5 Å². The van der Waals surface area contributed by atoms with Crippen LogP contribution in [-0.4, -0.2) is 31.9 Å². The summed E-state index contributed by atoms with van der Waals surface area (Å²) in [5.41, 5.74) is -2.73. The van der Waals surface area contributed by atoms with Gasteiger partial charge in [-0.3, -0.25) is 0 Å². The normalized spacial score (nSPS) is 19.1. The summed E-state index contributed by atoms with van der Waals surface area (Å²) >= 11 is 0. The molecule has 0 aromatic heterocycles. The van der Waals surface area contributed by atoms with Crippen molar-refractivity contribution >= 4 is 5.70 Å². The number of rotatable bonds is 11. The SMILES string of the molecule is C=C(CCC(F)(F)F)NCCNC1CCC(CNC(=C)c2cc(C(F)(F)F)cc(C(F)(F)F)c2)CC1. The van der Waals surface area contributed by atoms with Gasteiger partial charge in [0.1, 0.15) is 0 Å². The summed E-state index contributed by atoms with van der Waals surface area (Å²) in [5, 5.41) is 9.06. The second-order valence-electron chi connectivity index (χ2n) is 8.97. The largest absolute Gasteiger partial charge is 0.416 e. The monoisotopic (exact) mass is 531 g/mol. The topological polar surface area (TPSA) is 36.1 Å². The van der Waals surface area contributed by atoms with Gasteiger partial charge in [-0.05, 0) is 61.8 Å². The van der Waals surface area contributed by atoms with Crippen LogP contribution < -0.4 is 16.0 Å². The minimum absolute atomic E-state index is 0.0105. The van der Waals surface area contributed by atoms with Crippen LogP contribution in [0.15, 0.2) is 37.1 Å². The first-order chi connectivity index (χ1) is 16.5. The van der Waals surface area contributed by atoms with Gasteiger partial charge in [-0.15, -0.1) is 0 Å². The van der Waals surface area contributed by atoms with Gasteiger partial charge in [-0.2, -0.15) is 39.5 Å². The van der Waals surface area contributed by atoms with Crippen LogP contribution in [0.1, 0.15) is 55.2 Å². The Balaban J connectivity index is 1.75. The van der Waals surface area contributed by atoms with Crippen molar-refractivity contribution in [3.05, 3.63) is 53.7 Å². The van der Waals surface area contributed by atoms with Crippen molar-refractivity contribution in [1.29, 1.82) is 0 Å². The minimum atomic E-state index is -4.92. The lowest BCUT2D eigenvalue weighted by molar-refractivity contribution is -0.143. The molecule has 0 heterocycles. The van der Waals surface area contributed by atoms with E-state index in [1.165, 1.54) is 0 Å². The molecular formula is C24H30F9N3. The summed E-state index contributed by atoms with van der Waals surface area (Å²) in [4.78, 5) is 0. The number of alkyl halides is 9. The molecule has 1 aliphatic carbocycles. The molecule has 204 valence electrons. The first kappa shape index (κ1) is 29.9. The lowest BCUT2D eigenvalue weighted by atomic mass is 9.86. The molecule has 1 fully saturated rings. The molecule has 36 heavy (non-hydrogen) atoms. The van der Waals surface area contributed by atoms with Gasteiger partial charge in [-0.25, -0.2) is 0 Å². The lowest BCUT2D eigenvalue weighted by Gasteiger charge is -2.30. The summed E-state index contributed by atoms with van der Waals surface area (Å²) in [6.07, 6.45) is -12.0. The molecule has 0 atom stereocenters. The first-order valence-electron chi connectivity index (χ1n) is 11.5. The predicted octanol–water partition coefficient (Wildman–Crippen LogP) is 6.88. The smallest absolute Gasteiger partial charge is 0.388 e. The molecule has 0 saturated heterocycles.